The van der Waals surface area contributed by atoms with Crippen molar-refractivity contribution < 1.29 is 14.6 Å². The van der Waals surface area contributed by atoms with Crippen molar-refractivity contribution in [3.63, 3.8) is 0 Å². The van der Waals surface area contributed by atoms with E-state index in [1.165, 1.54) is 0 Å². The van der Waals surface area contributed by atoms with Crippen LogP contribution in [0.5, 0.6) is 11.6 Å². The lowest BCUT2D eigenvalue weighted by Crippen LogP contribution is -2.48. The van der Waals surface area contributed by atoms with E-state index in [0.717, 1.165) is 5.56 Å². The number of ether oxygens (including phenoxy) is 2. The lowest BCUT2D eigenvalue weighted by Gasteiger charge is -2.27. The minimum Gasteiger partial charge on any atom is -0.489 e. The third kappa shape index (κ3) is 6.61. The summed E-state index contributed by atoms with van der Waals surface area (Å²) in [7, 11) is 0. The molecular weight excluding hydrogens is 377 g/mol. The summed E-state index contributed by atoms with van der Waals surface area (Å²) in [5.41, 5.74) is 0.540. The van der Waals surface area contributed by atoms with Crippen molar-refractivity contribution in [3.8, 4) is 11.6 Å². The van der Waals surface area contributed by atoms with Crippen molar-refractivity contribution in [1.82, 2.24) is 15.5 Å². The van der Waals surface area contributed by atoms with E-state index in [2.05, 4.69) is 15.5 Å². The SMILES string of the molecule is Cc1cccc(Cl)c1OCC(O)CNC(C)(C)COc1ccc(Cl)nn1. The second-order valence-electron chi connectivity index (χ2n) is 6.60. The molecule has 8 heteroatoms. The van der Waals surface area contributed by atoms with Crippen LogP contribution in [0.4, 0.5) is 0 Å². The van der Waals surface area contributed by atoms with E-state index in [0.29, 0.717) is 35.0 Å². The van der Waals surface area contributed by atoms with Gasteiger partial charge in [0.1, 0.15) is 25.1 Å². The molecule has 2 rings (SSSR count). The molecule has 0 fully saturated rings. The Morgan fingerprint density at radius 1 is 1.15 bits per heavy atom. The van der Waals surface area contributed by atoms with Crippen molar-refractivity contribution >= 4 is 23.2 Å². The zero-order valence-electron chi connectivity index (χ0n) is 15.0. The first-order valence-corrected chi connectivity index (χ1v) is 8.95. The third-order valence-corrected chi connectivity index (χ3v) is 4.09. The molecule has 0 spiro atoms. The molecule has 1 aromatic heterocycles. The molecule has 1 unspecified atom stereocenters. The number of aryl methyl sites for hydroxylation is 1. The Labute approximate surface area is 163 Å². The molecule has 0 saturated carbocycles. The highest BCUT2D eigenvalue weighted by molar-refractivity contribution is 6.32. The lowest BCUT2D eigenvalue weighted by atomic mass is 10.1. The average Bonchev–Trinajstić information content (AvgIpc) is 2.59. The molecule has 0 aliphatic carbocycles. The fourth-order valence-electron chi connectivity index (χ4n) is 2.12. The van der Waals surface area contributed by atoms with Gasteiger partial charge < -0.3 is 19.9 Å². The molecular formula is C18H23Cl2N3O3. The summed E-state index contributed by atoms with van der Waals surface area (Å²) >= 11 is 11.8. The Balaban J connectivity index is 1.76. The molecule has 0 aliphatic heterocycles. The van der Waals surface area contributed by atoms with Crippen LogP contribution in [0.1, 0.15) is 19.4 Å². The maximum absolute atomic E-state index is 10.2. The number of hydrogen-bond donors (Lipinski definition) is 2. The highest BCUT2D eigenvalue weighted by atomic mass is 35.5. The molecule has 0 aliphatic rings. The van der Waals surface area contributed by atoms with Crippen LogP contribution < -0.4 is 14.8 Å². The van der Waals surface area contributed by atoms with Crippen LogP contribution >= 0.6 is 23.2 Å². The molecule has 0 bridgehead atoms. The molecule has 6 nitrogen and oxygen atoms in total. The molecule has 0 amide bonds. The van der Waals surface area contributed by atoms with Gasteiger partial charge in [-0.05, 0) is 38.5 Å². The monoisotopic (exact) mass is 399 g/mol. The second kappa shape index (κ2) is 9.37. The van der Waals surface area contributed by atoms with Crippen LogP contribution in [0.2, 0.25) is 10.2 Å². The van der Waals surface area contributed by atoms with Gasteiger partial charge in [0.2, 0.25) is 5.88 Å². The van der Waals surface area contributed by atoms with E-state index < -0.39 is 6.10 Å². The van der Waals surface area contributed by atoms with Gasteiger partial charge in [0, 0.05) is 18.2 Å². The summed E-state index contributed by atoms with van der Waals surface area (Å²) in [6, 6.07) is 8.79. The Morgan fingerprint density at radius 2 is 1.92 bits per heavy atom. The standard InChI is InChI=1S/C18H23Cl2N3O3/c1-12-5-4-6-14(19)17(12)25-10-13(24)9-21-18(2,3)11-26-16-8-7-15(20)22-23-16/h4-8,13,21,24H,9-11H2,1-3H3. The van der Waals surface area contributed by atoms with Crippen LogP contribution in [0.3, 0.4) is 0 Å². The number of aromatic nitrogens is 2. The summed E-state index contributed by atoms with van der Waals surface area (Å²) in [5.74, 6) is 0.986. The number of rotatable bonds is 9. The quantitative estimate of drug-likeness (QED) is 0.673. The first-order valence-electron chi connectivity index (χ1n) is 8.20. The topological polar surface area (TPSA) is 76.5 Å². The second-order valence-corrected chi connectivity index (χ2v) is 7.39. The zero-order valence-corrected chi connectivity index (χ0v) is 16.5. The minimum absolute atomic E-state index is 0.136. The Bertz CT molecular complexity index is 691. The number of para-hydroxylation sites is 1. The van der Waals surface area contributed by atoms with Gasteiger partial charge in [0.25, 0.3) is 0 Å². The smallest absolute Gasteiger partial charge is 0.233 e. The maximum atomic E-state index is 10.2. The number of benzene rings is 1. The number of nitrogens with one attached hydrogen (secondary N) is 1. The normalized spacial score (nSPS) is 12.7. The minimum atomic E-state index is -0.694. The molecule has 2 N–H and O–H groups in total. The van der Waals surface area contributed by atoms with Crippen molar-refractivity contribution in [1.29, 1.82) is 0 Å². The first kappa shape index (κ1) is 20.7. The largest absolute Gasteiger partial charge is 0.489 e. The van der Waals surface area contributed by atoms with Crippen LogP contribution in [-0.2, 0) is 0 Å². The number of β-amino-alcohol motifs (C(OH)–C–C–N with tert-alkyl or cyclic N) is 1. The van der Waals surface area contributed by atoms with Gasteiger partial charge >= 0.3 is 0 Å². The van der Waals surface area contributed by atoms with Crippen LogP contribution in [-0.4, -0.2) is 46.7 Å². The van der Waals surface area contributed by atoms with E-state index in [-0.39, 0.29) is 12.1 Å². The number of aliphatic hydroxyl groups is 1. The van der Waals surface area contributed by atoms with Gasteiger partial charge in [0.05, 0.1) is 5.02 Å². The summed E-state index contributed by atoms with van der Waals surface area (Å²) < 4.78 is 11.2. The van der Waals surface area contributed by atoms with E-state index >= 15 is 0 Å². The summed E-state index contributed by atoms with van der Waals surface area (Å²) in [6.07, 6.45) is -0.694. The maximum Gasteiger partial charge on any atom is 0.233 e. The predicted octanol–water partition coefficient (Wildman–Crippen LogP) is 3.28. The summed E-state index contributed by atoms with van der Waals surface area (Å²) in [6.45, 7) is 6.65. The fraction of sp³-hybridized carbons (Fsp3) is 0.444. The highest BCUT2D eigenvalue weighted by Gasteiger charge is 2.20. The molecule has 2 aromatic rings. The van der Waals surface area contributed by atoms with E-state index in [1.54, 1.807) is 18.2 Å². The van der Waals surface area contributed by atoms with E-state index in [1.807, 2.05) is 32.9 Å². The Hall–Kier alpha value is -1.60. The highest BCUT2D eigenvalue weighted by Crippen LogP contribution is 2.27. The number of aliphatic hydroxyl groups excluding tert-OH is 1. The van der Waals surface area contributed by atoms with E-state index in [4.69, 9.17) is 32.7 Å². The van der Waals surface area contributed by atoms with Gasteiger partial charge in [-0.1, -0.05) is 35.3 Å². The fourth-order valence-corrected chi connectivity index (χ4v) is 2.50. The van der Waals surface area contributed by atoms with E-state index in [9.17, 15) is 5.11 Å². The number of nitrogens with zero attached hydrogens (tertiary/aromatic N) is 2. The first-order chi connectivity index (χ1) is 12.3. The van der Waals surface area contributed by atoms with Gasteiger partial charge in [-0.2, -0.15) is 0 Å². The lowest BCUT2D eigenvalue weighted by molar-refractivity contribution is 0.0920. The van der Waals surface area contributed by atoms with Crippen molar-refractivity contribution in [2.75, 3.05) is 19.8 Å². The van der Waals surface area contributed by atoms with Crippen molar-refractivity contribution in [2.24, 2.45) is 0 Å². The molecule has 142 valence electrons. The van der Waals surface area contributed by atoms with Crippen molar-refractivity contribution in [2.45, 2.75) is 32.4 Å². The third-order valence-electron chi connectivity index (χ3n) is 3.59. The van der Waals surface area contributed by atoms with Gasteiger partial charge in [-0.3, -0.25) is 0 Å². The predicted molar refractivity (Wildman–Crippen MR) is 102 cm³/mol. The Morgan fingerprint density at radius 3 is 2.58 bits per heavy atom. The molecule has 26 heavy (non-hydrogen) atoms. The van der Waals surface area contributed by atoms with Gasteiger partial charge in [-0.25, -0.2) is 0 Å². The summed E-state index contributed by atoms with van der Waals surface area (Å²) in [5, 5.41) is 21.8. The van der Waals surface area contributed by atoms with Gasteiger partial charge in [0.15, 0.2) is 5.15 Å². The molecule has 1 aromatic carbocycles. The van der Waals surface area contributed by atoms with Gasteiger partial charge in [-0.15, -0.1) is 10.2 Å². The molecule has 1 atom stereocenters. The zero-order chi connectivity index (χ0) is 19.2. The Kier molecular flexibility index (Phi) is 7.46. The van der Waals surface area contributed by atoms with Crippen LogP contribution in [0, 0.1) is 6.92 Å². The van der Waals surface area contributed by atoms with Crippen LogP contribution in [0.15, 0.2) is 30.3 Å². The molecule has 0 saturated heterocycles. The molecule has 1 heterocycles. The molecule has 0 radical (unpaired) electrons. The number of halogens is 2. The average molecular weight is 400 g/mol. The van der Waals surface area contributed by atoms with Crippen LogP contribution in [0.25, 0.3) is 0 Å². The summed E-state index contributed by atoms with van der Waals surface area (Å²) in [4.78, 5) is 0. The van der Waals surface area contributed by atoms with Crippen molar-refractivity contribution in [3.05, 3.63) is 46.1 Å². The number of hydrogen-bond acceptors (Lipinski definition) is 6.